The lowest BCUT2D eigenvalue weighted by atomic mass is 10.3. The first-order valence-electron chi connectivity index (χ1n) is 5.97. The molecule has 0 saturated heterocycles. The van der Waals surface area contributed by atoms with E-state index in [1.165, 1.54) is 11.0 Å². The number of aliphatic carboxylic acids is 1. The molecule has 0 saturated carbocycles. The Morgan fingerprint density at radius 1 is 1.32 bits per heavy atom. The van der Waals surface area contributed by atoms with E-state index in [-0.39, 0.29) is 18.0 Å². The summed E-state index contributed by atoms with van der Waals surface area (Å²) in [5.41, 5.74) is 0.397. The summed E-state index contributed by atoms with van der Waals surface area (Å²) in [6, 6.07) is 6.38. The number of carboxylic acids is 1. The van der Waals surface area contributed by atoms with Gasteiger partial charge >= 0.3 is 5.97 Å². The van der Waals surface area contributed by atoms with Crippen LogP contribution in [-0.4, -0.2) is 39.1 Å². The van der Waals surface area contributed by atoms with Crippen molar-refractivity contribution in [3.63, 3.8) is 0 Å². The van der Waals surface area contributed by atoms with Gasteiger partial charge in [0, 0.05) is 13.1 Å². The molecule has 0 radical (unpaired) electrons. The van der Waals surface area contributed by atoms with Crippen LogP contribution in [0.1, 0.15) is 13.8 Å². The van der Waals surface area contributed by atoms with Crippen molar-refractivity contribution in [3.05, 3.63) is 24.3 Å². The van der Waals surface area contributed by atoms with E-state index < -0.39 is 16.0 Å². The van der Waals surface area contributed by atoms with E-state index in [9.17, 15) is 13.2 Å². The Morgan fingerprint density at radius 3 is 2.47 bits per heavy atom. The van der Waals surface area contributed by atoms with Gasteiger partial charge in [0.15, 0.2) is 0 Å². The number of likely N-dealkylation sites (N-methyl/N-ethyl adjacent to an activating group) is 1. The van der Waals surface area contributed by atoms with Gasteiger partial charge in [0.25, 0.3) is 0 Å². The third-order valence-corrected chi connectivity index (χ3v) is 4.13. The number of para-hydroxylation sites is 1. The number of carbonyl (C=O) groups is 1. The van der Waals surface area contributed by atoms with Gasteiger partial charge in [-0.15, -0.1) is 0 Å². The molecule has 0 fully saturated rings. The Labute approximate surface area is 113 Å². The number of benzene rings is 1. The number of hydrogen-bond donors (Lipinski definition) is 2. The lowest BCUT2D eigenvalue weighted by Crippen LogP contribution is -2.32. The van der Waals surface area contributed by atoms with Crippen LogP contribution >= 0.6 is 0 Å². The maximum Gasteiger partial charge on any atom is 0.323 e. The smallest absolute Gasteiger partial charge is 0.323 e. The Hall–Kier alpha value is -1.60. The minimum absolute atomic E-state index is 0.0972. The fraction of sp³-hybridized carbons (Fsp3) is 0.417. The number of carboxylic acid groups (broad SMARTS) is 1. The zero-order valence-corrected chi connectivity index (χ0v) is 11.8. The normalized spacial score (nSPS) is 11.3. The van der Waals surface area contributed by atoms with Crippen LogP contribution in [0.25, 0.3) is 0 Å². The molecule has 0 aliphatic carbocycles. The van der Waals surface area contributed by atoms with Gasteiger partial charge < -0.3 is 10.0 Å². The number of anilines is 1. The highest BCUT2D eigenvalue weighted by molar-refractivity contribution is 7.89. The van der Waals surface area contributed by atoms with Crippen LogP contribution in [0.5, 0.6) is 0 Å². The second kappa shape index (κ2) is 6.53. The van der Waals surface area contributed by atoms with Crippen LogP contribution < -0.4 is 9.62 Å². The molecule has 0 unspecified atom stereocenters. The van der Waals surface area contributed by atoms with E-state index >= 15 is 0 Å². The van der Waals surface area contributed by atoms with Gasteiger partial charge in [0.05, 0.1) is 5.69 Å². The highest BCUT2D eigenvalue weighted by Gasteiger charge is 2.21. The second-order valence-electron chi connectivity index (χ2n) is 3.88. The standard InChI is InChI=1S/C12H18N2O4S/c1-3-13-19(17,18)11-8-6-5-7-10(11)14(4-2)9-12(15)16/h5-8,13H,3-4,9H2,1-2H3,(H,15,16). The van der Waals surface area contributed by atoms with Crippen LogP contribution in [0.15, 0.2) is 29.2 Å². The lowest BCUT2D eigenvalue weighted by Gasteiger charge is -2.23. The van der Waals surface area contributed by atoms with Crippen molar-refractivity contribution < 1.29 is 18.3 Å². The fourth-order valence-electron chi connectivity index (χ4n) is 1.74. The van der Waals surface area contributed by atoms with Gasteiger partial charge in [-0.3, -0.25) is 4.79 Å². The topological polar surface area (TPSA) is 86.7 Å². The SMILES string of the molecule is CCNS(=O)(=O)c1ccccc1N(CC)CC(=O)O. The molecule has 19 heavy (non-hydrogen) atoms. The van der Waals surface area contributed by atoms with Crippen molar-refractivity contribution in [2.24, 2.45) is 0 Å². The minimum atomic E-state index is -3.62. The lowest BCUT2D eigenvalue weighted by molar-refractivity contribution is -0.135. The summed E-state index contributed by atoms with van der Waals surface area (Å²) >= 11 is 0. The summed E-state index contributed by atoms with van der Waals surface area (Å²) in [7, 11) is -3.62. The second-order valence-corrected chi connectivity index (χ2v) is 5.61. The van der Waals surface area contributed by atoms with Gasteiger partial charge in [-0.25, -0.2) is 13.1 Å². The molecule has 7 heteroatoms. The first-order valence-corrected chi connectivity index (χ1v) is 7.46. The fourth-order valence-corrected chi connectivity index (χ4v) is 3.01. The highest BCUT2D eigenvalue weighted by Crippen LogP contribution is 2.24. The molecule has 0 atom stereocenters. The molecule has 0 spiro atoms. The van der Waals surface area contributed by atoms with Gasteiger partial charge in [-0.2, -0.15) is 0 Å². The Balaban J connectivity index is 3.25. The van der Waals surface area contributed by atoms with Crippen molar-refractivity contribution in [1.29, 1.82) is 0 Å². The molecule has 0 heterocycles. The van der Waals surface area contributed by atoms with Crippen LogP contribution in [0.4, 0.5) is 5.69 Å². The maximum atomic E-state index is 12.1. The first kappa shape index (κ1) is 15.5. The predicted molar refractivity (Wildman–Crippen MR) is 72.8 cm³/mol. The quantitative estimate of drug-likeness (QED) is 0.777. The molecule has 106 valence electrons. The zero-order chi connectivity index (χ0) is 14.5. The molecular weight excluding hydrogens is 268 g/mol. The number of nitrogens with one attached hydrogen (secondary N) is 1. The molecule has 6 nitrogen and oxygen atoms in total. The van der Waals surface area contributed by atoms with E-state index in [0.717, 1.165) is 0 Å². The molecule has 0 aromatic heterocycles. The summed E-state index contributed by atoms with van der Waals surface area (Å²) in [5, 5.41) is 8.87. The van der Waals surface area contributed by atoms with E-state index in [1.54, 1.807) is 32.0 Å². The Morgan fingerprint density at radius 2 is 1.95 bits per heavy atom. The summed E-state index contributed by atoms with van der Waals surface area (Å²) in [6.07, 6.45) is 0. The van der Waals surface area contributed by atoms with Crippen molar-refractivity contribution in [2.45, 2.75) is 18.7 Å². The monoisotopic (exact) mass is 286 g/mol. The van der Waals surface area contributed by atoms with E-state index in [4.69, 9.17) is 5.11 Å². The summed E-state index contributed by atoms with van der Waals surface area (Å²) in [6.45, 7) is 3.91. The molecule has 0 aliphatic heterocycles. The van der Waals surface area contributed by atoms with Crippen molar-refractivity contribution >= 4 is 21.7 Å². The molecule has 2 N–H and O–H groups in total. The van der Waals surface area contributed by atoms with Gasteiger partial charge in [-0.1, -0.05) is 19.1 Å². The molecule has 1 aromatic carbocycles. The summed E-state index contributed by atoms with van der Waals surface area (Å²) in [5.74, 6) is -1.00. The number of rotatable bonds is 7. The molecular formula is C12H18N2O4S. The van der Waals surface area contributed by atoms with Gasteiger partial charge in [0.2, 0.25) is 10.0 Å². The largest absolute Gasteiger partial charge is 0.480 e. The minimum Gasteiger partial charge on any atom is -0.480 e. The van der Waals surface area contributed by atoms with Crippen LogP contribution in [0.2, 0.25) is 0 Å². The molecule has 0 amide bonds. The van der Waals surface area contributed by atoms with E-state index in [2.05, 4.69) is 4.72 Å². The van der Waals surface area contributed by atoms with Crippen LogP contribution in [-0.2, 0) is 14.8 Å². The maximum absolute atomic E-state index is 12.1. The number of hydrogen-bond acceptors (Lipinski definition) is 4. The predicted octanol–water partition coefficient (Wildman–Crippen LogP) is 0.896. The first-order chi connectivity index (χ1) is 8.92. The molecule has 0 aliphatic rings. The molecule has 0 bridgehead atoms. The zero-order valence-electron chi connectivity index (χ0n) is 11.0. The van der Waals surface area contributed by atoms with Crippen LogP contribution in [0.3, 0.4) is 0 Å². The van der Waals surface area contributed by atoms with Crippen molar-refractivity contribution in [2.75, 3.05) is 24.5 Å². The third kappa shape index (κ3) is 3.93. The van der Waals surface area contributed by atoms with Crippen LogP contribution in [0, 0.1) is 0 Å². The van der Waals surface area contributed by atoms with Gasteiger partial charge in [0.1, 0.15) is 11.4 Å². The Bertz CT molecular complexity index is 542. The van der Waals surface area contributed by atoms with Gasteiger partial charge in [-0.05, 0) is 19.1 Å². The number of nitrogens with zero attached hydrogens (tertiary/aromatic N) is 1. The summed E-state index contributed by atoms with van der Waals surface area (Å²) in [4.78, 5) is 12.4. The van der Waals surface area contributed by atoms with Crippen molar-refractivity contribution in [3.8, 4) is 0 Å². The molecule has 1 aromatic rings. The van der Waals surface area contributed by atoms with Crippen molar-refractivity contribution in [1.82, 2.24) is 4.72 Å². The van der Waals surface area contributed by atoms with E-state index in [1.807, 2.05) is 0 Å². The highest BCUT2D eigenvalue weighted by atomic mass is 32.2. The third-order valence-electron chi connectivity index (χ3n) is 2.54. The average Bonchev–Trinajstić information content (AvgIpc) is 2.35. The average molecular weight is 286 g/mol. The Kier molecular flexibility index (Phi) is 5.31. The van der Waals surface area contributed by atoms with E-state index in [0.29, 0.717) is 12.2 Å². The summed E-state index contributed by atoms with van der Waals surface area (Å²) < 4.78 is 26.6. The number of sulfonamides is 1. The molecule has 1 rings (SSSR count).